The Labute approximate surface area is 151 Å². The maximum Gasteiger partial charge on any atom is 0.257 e. The fourth-order valence-corrected chi connectivity index (χ4v) is 3.71. The molecule has 2 aromatic heterocycles. The van der Waals surface area contributed by atoms with Crippen LogP contribution in [0.4, 0.5) is 0 Å². The van der Waals surface area contributed by atoms with E-state index in [0.717, 1.165) is 29.3 Å². The average Bonchev–Trinajstić information content (AvgIpc) is 3.33. The second-order valence-corrected chi connectivity index (χ2v) is 7.06. The van der Waals surface area contributed by atoms with Gasteiger partial charge in [-0.1, -0.05) is 6.07 Å². The predicted molar refractivity (Wildman–Crippen MR) is 97.8 cm³/mol. The van der Waals surface area contributed by atoms with E-state index in [4.69, 9.17) is 9.15 Å². The Balaban J connectivity index is 1.71. The van der Waals surface area contributed by atoms with Gasteiger partial charge in [-0.25, -0.2) is 5.01 Å². The lowest BCUT2D eigenvalue weighted by atomic mass is 10.1. The van der Waals surface area contributed by atoms with Gasteiger partial charge in [0, 0.05) is 31.6 Å². The van der Waals surface area contributed by atoms with Gasteiger partial charge in [-0.05, 0) is 37.0 Å². The standard InChI is InChI=1S/C18H23N3O3S/c1-20(8-5-9-23-2)13-18(22)21-15(17-7-4-11-25-17)12-14(19-21)16-6-3-10-24-16/h3-4,6-7,10-11,15H,5,8-9,12-13H2,1-2H3. The first-order chi connectivity index (χ1) is 12.2. The molecule has 0 saturated heterocycles. The largest absolute Gasteiger partial charge is 0.463 e. The topological polar surface area (TPSA) is 58.3 Å². The van der Waals surface area contributed by atoms with E-state index >= 15 is 0 Å². The number of rotatable bonds is 8. The molecule has 3 heterocycles. The number of carbonyl (C=O) groups is 1. The number of hydrogen-bond acceptors (Lipinski definition) is 6. The highest BCUT2D eigenvalue weighted by molar-refractivity contribution is 7.10. The van der Waals surface area contributed by atoms with Crippen LogP contribution < -0.4 is 0 Å². The summed E-state index contributed by atoms with van der Waals surface area (Å²) in [5, 5.41) is 8.23. The lowest BCUT2D eigenvalue weighted by molar-refractivity contribution is -0.133. The van der Waals surface area contributed by atoms with Crippen LogP contribution in [0.15, 0.2) is 45.4 Å². The smallest absolute Gasteiger partial charge is 0.257 e. The normalized spacial score (nSPS) is 17.3. The number of thiophene rings is 1. The molecule has 0 aromatic carbocycles. The van der Waals surface area contributed by atoms with Crippen molar-refractivity contribution < 1.29 is 13.9 Å². The van der Waals surface area contributed by atoms with Gasteiger partial charge in [0.1, 0.15) is 11.5 Å². The summed E-state index contributed by atoms with van der Waals surface area (Å²) in [4.78, 5) is 16.0. The van der Waals surface area contributed by atoms with Crippen LogP contribution in [0.1, 0.15) is 29.5 Å². The van der Waals surface area contributed by atoms with E-state index in [1.807, 2.05) is 35.5 Å². The lowest BCUT2D eigenvalue weighted by Crippen LogP contribution is -2.36. The van der Waals surface area contributed by atoms with Crippen LogP contribution in [0.25, 0.3) is 0 Å². The van der Waals surface area contributed by atoms with Crippen LogP contribution in [0.3, 0.4) is 0 Å². The zero-order valence-corrected chi connectivity index (χ0v) is 15.4. The number of furan rings is 1. The van der Waals surface area contributed by atoms with Crippen LogP contribution in [0.5, 0.6) is 0 Å². The Morgan fingerprint density at radius 3 is 3.04 bits per heavy atom. The highest BCUT2D eigenvalue weighted by atomic mass is 32.1. The van der Waals surface area contributed by atoms with Crippen molar-refractivity contribution in [2.24, 2.45) is 5.10 Å². The van der Waals surface area contributed by atoms with Crippen molar-refractivity contribution in [3.05, 3.63) is 46.5 Å². The van der Waals surface area contributed by atoms with E-state index in [1.165, 1.54) is 0 Å². The third-order valence-corrected chi connectivity index (χ3v) is 5.11. The Bertz CT molecular complexity index is 697. The van der Waals surface area contributed by atoms with E-state index in [1.54, 1.807) is 29.7 Å². The van der Waals surface area contributed by atoms with Crippen molar-refractivity contribution in [2.75, 3.05) is 33.9 Å². The van der Waals surface area contributed by atoms with Crippen LogP contribution in [0.2, 0.25) is 0 Å². The van der Waals surface area contributed by atoms with E-state index in [0.29, 0.717) is 19.6 Å². The van der Waals surface area contributed by atoms with Crippen LogP contribution >= 0.6 is 11.3 Å². The molecule has 1 aliphatic heterocycles. The van der Waals surface area contributed by atoms with Gasteiger partial charge in [-0.2, -0.15) is 5.10 Å². The molecule has 0 N–H and O–H groups in total. The Hall–Kier alpha value is -1.96. The molecule has 2 aromatic rings. The van der Waals surface area contributed by atoms with Crippen molar-refractivity contribution in [2.45, 2.75) is 18.9 Å². The molecule has 3 rings (SSSR count). The van der Waals surface area contributed by atoms with Crippen molar-refractivity contribution in [1.82, 2.24) is 9.91 Å². The first-order valence-electron chi connectivity index (χ1n) is 8.33. The molecule has 1 unspecified atom stereocenters. The number of amides is 1. The first kappa shape index (κ1) is 17.8. The van der Waals surface area contributed by atoms with Gasteiger partial charge in [0.25, 0.3) is 5.91 Å². The van der Waals surface area contributed by atoms with Gasteiger partial charge < -0.3 is 9.15 Å². The highest BCUT2D eigenvalue weighted by Crippen LogP contribution is 2.35. The summed E-state index contributed by atoms with van der Waals surface area (Å²) in [7, 11) is 3.63. The second-order valence-electron chi connectivity index (χ2n) is 6.08. The molecule has 0 saturated carbocycles. The minimum absolute atomic E-state index is 0.000118. The van der Waals surface area contributed by atoms with E-state index in [9.17, 15) is 4.79 Å². The van der Waals surface area contributed by atoms with Crippen LogP contribution in [-0.4, -0.2) is 55.4 Å². The molecule has 1 amide bonds. The summed E-state index contributed by atoms with van der Waals surface area (Å²) >= 11 is 1.65. The predicted octanol–water partition coefficient (Wildman–Crippen LogP) is 2.99. The molecular weight excluding hydrogens is 338 g/mol. The third-order valence-electron chi connectivity index (χ3n) is 4.14. The lowest BCUT2D eigenvalue weighted by Gasteiger charge is -2.23. The van der Waals surface area contributed by atoms with Crippen molar-refractivity contribution in [3.8, 4) is 0 Å². The van der Waals surface area contributed by atoms with Gasteiger partial charge in [0.2, 0.25) is 0 Å². The monoisotopic (exact) mass is 361 g/mol. The molecule has 134 valence electrons. The SMILES string of the molecule is COCCCN(C)CC(=O)N1N=C(c2ccco2)CC1c1cccs1. The molecule has 7 heteroatoms. The Morgan fingerprint density at radius 1 is 1.48 bits per heavy atom. The number of likely N-dealkylation sites (N-methyl/N-ethyl adjacent to an activating group) is 1. The van der Waals surface area contributed by atoms with Crippen LogP contribution in [-0.2, 0) is 9.53 Å². The Morgan fingerprint density at radius 2 is 2.36 bits per heavy atom. The maximum atomic E-state index is 12.8. The van der Waals surface area contributed by atoms with E-state index in [2.05, 4.69) is 11.2 Å². The summed E-state index contributed by atoms with van der Waals surface area (Å²) in [5.74, 6) is 0.727. The van der Waals surface area contributed by atoms with Gasteiger partial charge in [-0.15, -0.1) is 11.3 Å². The molecule has 0 fully saturated rings. The number of hydrogen-bond donors (Lipinski definition) is 0. The molecule has 0 aliphatic carbocycles. The fraction of sp³-hybridized carbons (Fsp3) is 0.444. The maximum absolute atomic E-state index is 12.8. The number of ether oxygens (including phenoxy) is 1. The van der Waals surface area contributed by atoms with Crippen LogP contribution in [0, 0.1) is 0 Å². The van der Waals surface area contributed by atoms with Crippen molar-refractivity contribution in [3.63, 3.8) is 0 Å². The summed E-state index contributed by atoms with van der Waals surface area (Å²) < 4.78 is 10.5. The zero-order valence-electron chi connectivity index (χ0n) is 14.6. The molecular formula is C18H23N3O3S. The third kappa shape index (κ3) is 4.36. The number of nitrogens with zero attached hydrogens (tertiary/aromatic N) is 3. The first-order valence-corrected chi connectivity index (χ1v) is 9.21. The summed E-state index contributed by atoms with van der Waals surface area (Å²) in [6.45, 7) is 1.84. The second kappa shape index (κ2) is 8.42. The molecule has 0 bridgehead atoms. The van der Waals surface area contributed by atoms with E-state index in [-0.39, 0.29) is 11.9 Å². The Kier molecular flexibility index (Phi) is 6.01. The van der Waals surface area contributed by atoms with Gasteiger partial charge in [0.15, 0.2) is 0 Å². The quantitative estimate of drug-likeness (QED) is 0.678. The minimum atomic E-state index is -0.0556. The van der Waals surface area contributed by atoms with Crippen molar-refractivity contribution in [1.29, 1.82) is 0 Å². The molecule has 6 nitrogen and oxygen atoms in total. The van der Waals surface area contributed by atoms with E-state index < -0.39 is 0 Å². The molecule has 1 aliphatic rings. The minimum Gasteiger partial charge on any atom is -0.463 e. The summed E-state index contributed by atoms with van der Waals surface area (Å²) in [5.41, 5.74) is 0.818. The zero-order chi connectivity index (χ0) is 17.6. The number of carbonyl (C=O) groups excluding carboxylic acids is 1. The molecule has 1 atom stereocenters. The highest BCUT2D eigenvalue weighted by Gasteiger charge is 2.34. The molecule has 25 heavy (non-hydrogen) atoms. The average molecular weight is 361 g/mol. The van der Waals surface area contributed by atoms with Gasteiger partial charge >= 0.3 is 0 Å². The fourth-order valence-electron chi connectivity index (χ4n) is 2.90. The van der Waals surface area contributed by atoms with Crippen molar-refractivity contribution >= 4 is 23.0 Å². The molecule has 0 spiro atoms. The number of hydrazone groups is 1. The van der Waals surface area contributed by atoms with Gasteiger partial charge in [0.05, 0.1) is 18.8 Å². The van der Waals surface area contributed by atoms with Gasteiger partial charge in [-0.3, -0.25) is 9.69 Å². The number of methoxy groups -OCH3 is 1. The summed E-state index contributed by atoms with van der Waals surface area (Å²) in [6.07, 6.45) is 3.20. The molecule has 0 radical (unpaired) electrons. The summed E-state index contributed by atoms with van der Waals surface area (Å²) in [6, 6.07) is 7.73.